The summed E-state index contributed by atoms with van der Waals surface area (Å²) in [5, 5.41) is 19.4. The highest BCUT2D eigenvalue weighted by Gasteiger charge is 2.19. The van der Waals surface area contributed by atoms with E-state index in [4.69, 9.17) is 5.11 Å². The van der Waals surface area contributed by atoms with Crippen LogP contribution in [0.2, 0.25) is 0 Å². The van der Waals surface area contributed by atoms with Gasteiger partial charge in [0.25, 0.3) is 5.56 Å². The Morgan fingerprint density at radius 3 is 3.00 bits per heavy atom. The van der Waals surface area contributed by atoms with Gasteiger partial charge in [0.05, 0.1) is 18.1 Å². The Labute approximate surface area is 124 Å². The predicted molar refractivity (Wildman–Crippen MR) is 80.7 cm³/mol. The fraction of sp³-hybridized carbons (Fsp3) is 0.538. The lowest BCUT2D eigenvalue weighted by Gasteiger charge is -2.09. The van der Waals surface area contributed by atoms with Crippen LogP contribution in [0.25, 0.3) is 10.2 Å². The van der Waals surface area contributed by atoms with Gasteiger partial charge < -0.3 is 15.2 Å². The minimum Gasteiger partial charge on any atom is -0.394 e. The van der Waals surface area contributed by atoms with Crippen LogP contribution in [0.4, 0.5) is 0 Å². The number of hydrogen-bond donors (Lipinski definition) is 3. The summed E-state index contributed by atoms with van der Waals surface area (Å²) in [6.45, 7) is -0.285. The highest BCUT2D eigenvalue weighted by atomic mass is 32.2. The minimum absolute atomic E-state index is 0.0876. The van der Waals surface area contributed by atoms with E-state index in [0.29, 0.717) is 10.9 Å². The maximum absolute atomic E-state index is 12.2. The van der Waals surface area contributed by atoms with Gasteiger partial charge in [0.15, 0.2) is 5.16 Å². The molecule has 0 saturated heterocycles. The van der Waals surface area contributed by atoms with Gasteiger partial charge in [-0.1, -0.05) is 11.8 Å². The number of nitrogens with one attached hydrogen (secondary N) is 1. The summed E-state index contributed by atoms with van der Waals surface area (Å²) in [5.41, 5.74) is 1.09. The van der Waals surface area contributed by atoms with Crippen LogP contribution in [0, 0.1) is 0 Å². The molecule has 1 atom stereocenters. The number of H-pyrrole nitrogens is 1. The first kappa shape index (κ1) is 14.1. The average molecular weight is 312 g/mol. The van der Waals surface area contributed by atoms with Crippen LogP contribution in [0.1, 0.15) is 23.3 Å². The number of aromatic amines is 1. The van der Waals surface area contributed by atoms with Crippen LogP contribution in [0.15, 0.2) is 9.95 Å². The van der Waals surface area contributed by atoms with Crippen molar-refractivity contribution in [1.29, 1.82) is 0 Å². The topological polar surface area (TPSA) is 86.2 Å². The monoisotopic (exact) mass is 312 g/mol. The van der Waals surface area contributed by atoms with Crippen molar-refractivity contribution in [3.63, 3.8) is 0 Å². The standard InChI is InChI=1S/C13H16N2O3S2/c16-5-7(17)6-19-13-14-11(18)10-8-3-1-2-4-9(8)20-12(10)15-13/h7,16-17H,1-6H2,(H,14,15,18). The van der Waals surface area contributed by atoms with Gasteiger partial charge in [0.2, 0.25) is 0 Å². The second kappa shape index (κ2) is 5.85. The third-order valence-corrected chi connectivity index (χ3v) is 5.63. The highest BCUT2D eigenvalue weighted by molar-refractivity contribution is 7.99. The first-order valence-corrected chi connectivity index (χ1v) is 8.45. The zero-order chi connectivity index (χ0) is 14.1. The number of fused-ring (bicyclic) bond motifs is 3. The lowest BCUT2D eigenvalue weighted by molar-refractivity contribution is 0.113. The van der Waals surface area contributed by atoms with Crippen molar-refractivity contribution < 1.29 is 10.2 Å². The number of nitrogens with zero attached hydrogens (tertiary/aromatic N) is 1. The predicted octanol–water partition coefficient (Wildman–Crippen LogP) is 1.31. The summed E-state index contributed by atoms with van der Waals surface area (Å²) in [5.74, 6) is 0.316. The average Bonchev–Trinajstić information content (AvgIpc) is 2.83. The van der Waals surface area contributed by atoms with Crippen molar-refractivity contribution in [2.75, 3.05) is 12.4 Å². The molecule has 0 saturated carbocycles. The van der Waals surface area contributed by atoms with Gasteiger partial charge in [-0.3, -0.25) is 4.79 Å². The quantitative estimate of drug-likeness (QED) is 0.585. The van der Waals surface area contributed by atoms with E-state index >= 15 is 0 Å². The van der Waals surface area contributed by atoms with Gasteiger partial charge >= 0.3 is 0 Å². The molecule has 2 heterocycles. The van der Waals surface area contributed by atoms with E-state index in [9.17, 15) is 9.90 Å². The summed E-state index contributed by atoms with van der Waals surface area (Å²) in [6, 6.07) is 0. The molecule has 0 radical (unpaired) electrons. The normalized spacial score (nSPS) is 16.3. The summed E-state index contributed by atoms with van der Waals surface area (Å²) in [6.07, 6.45) is 3.54. The van der Waals surface area contributed by atoms with Crippen LogP contribution in [-0.4, -0.2) is 38.6 Å². The van der Waals surface area contributed by atoms with Gasteiger partial charge in [-0.25, -0.2) is 4.98 Å². The van der Waals surface area contributed by atoms with E-state index in [-0.39, 0.29) is 12.2 Å². The Morgan fingerprint density at radius 1 is 1.40 bits per heavy atom. The molecule has 0 amide bonds. The number of aryl methyl sites for hydroxylation is 2. The Balaban J connectivity index is 1.96. The molecule has 2 aromatic rings. The molecule has 0 aromatic carbocycles. The Kier molecular flexibility index (Phi) is 4.11. The SMILES string of the molecule is O=c1[nH]c(SCC(O)CO)nc2sc3c(c12)CCCC3. The van der Waals surface area contributed by atoms with Gasteiger partial charge in [-0.05, 0) is 31.2 Å². The molecule has 3 rings (SSSR count). The molecule has 0 bridgehead atoms. The van der Waals surface area contributed by atoms with Crippen LogP contribution < -0.4 is 5.56 Å². The van der Waals surface area contributed by atoms with E-state index in [0.717, 1.165) is 29.5 Å². The largest absolute Gasteiger partial charge is 0.394 e. The van der Waals surface area contributed by atoms with E-state index in [1.807, 2.05) is 0 Å². The first-order valence-electron chi connectivity index (χ1n) is 6.65. The molecule has 0 fully saturated rings. The van der Waals surface area contributed by atoms with E-state index in [2.05, 4.69) is 9.97 Å². The Morgan fingerprint density at radius 2 is 2.20 bits per heavy atom. The molecule has 7 heteroatoms. The van der Waals surface area contributed by atoms with Crippen molar-refractivity contribution in [3.05, 3.63) is 20.8 Å². The van der Waals surface area contributed by atoms with Crippen LogP contribution in [0.3, 0.4) is 0 Å². The number of rotatable bonds is 4. The molecule has 1 unspecified atom stereocenters. The molecular formula is C13H16N2O3S2. The maximum Gasteiger partial charge on any atom is 0.260 e. The second-order valence-electron chi connectivity index (χ2n) is 4.91. The summed E-state index contributed by atoms with van der Waals surface area (Å²) >= 11 is 2.87. The Bertz CT molecular complexity index is 680. The van der Waals surface area contributed by atoms with Crippen molar-refractivity contribution in [2.24, 2.45) is 0 Å². The maximum atomic E-state index is 12.2. The van der Waals surface area contributed by atoms with E-state index in [1.165, 1.54) is 28.6 Å². The summed E-state index contributed by atoms with van der Waals surface area (Å²) in [7, 11) is 0. The molecule has 0 aliphatic heterocycles. The third kappa shape index (κ3) is 2.63. The van der Waals surface area contributed by atoms with Crippen LogP contribution in [0.5, 0.6) is 0 Å². The Hall–Kier alpha value is -0.890. The van der Waals surface area contributed by atoms with Crippen molar-refractivity contribution in [1.82, 2.24) is 9.97 Å². The van der Waals surface area contributed by atoms with Crippen LogP contribution >= 0.6 is 23.1 Å². The number of aliphatic hydroxyl groups is 2. The van der Waals surface area contributed by atoms with Gasteiger partial charge in [-0.2, -0.15) is 0 Å². The highest BCUT2D eigenvalue weighted by Crippen LogP contribution is 2.34. The lowest BCUT2D eigenvalue weighted by atomic mass is 9.97. The number of thioether (sulfide) groups is 1. The number of aliphatic hydroxyl groups excluding tert-OH is 2. The van der Waals surface area contributed by atoms with Gasteiger partial charge in [0.1, 0.15) is 4.83 Å². The van der Waals surface area contributed by atoms with Crippen molar-refractivity contribution in [3.8, 4) is 0 Å². The smallest absolute Gasteiger partial charge is 0.260 e. The van der Waals surface area contributed by atoms with Gasteiger partial charge in [0, 0.05) is 10.6 Å². The fourth-order valence-electron chi connectivity index (χ4n) is 2.44. The third-order valence-electron chi connectivity index (χ3n) is 3.43. The van der Waals surface area contributed by atoms with E-state index < -0.39 is 6.10 Å². The molecule has 20 heavy (non-hydrogen) atoms. The molecule has 5 nitrogen and oxygen atoms in total. The first-order chi connectivity index (χ1) is 9.69. The summed E-state index contributed by atoms with van der Waals surface area (Å²) < 4.78 is 0. The second-order valence-corrected chi connectivity index (χ2v) is 7.00. The van der Waals surface area contributed by atoms with Gasteiger partial charge in [-0.15, -0.1) is 11.3 Å². The molecular weight excluding hydrogens is 296 g/mol. The number of hydrogen-bond acceptors (Lipinski definition) is 6. The van der Waals surface area contributed by atoms with Crippen LogP contribution in [-0.2, 0) is 12.8 Å². The molecule has 108 valence electrons. The van der Waals surface area contributed by atoms with Crippen molar-refractivity contribution in [2.45, 2.75) is 36.9 Å². The molecule has 0 spiro atoms. The van der Waals surface area contributed by atoms with Crippen molar-refractivity contribution >= 4 is 33.3 Å². The lowest BCUT2D eigenvalue weighted by Crippen LogP contribution is -2.16. The summed E-state index contributed by atoms with van der Waals surface area (Å²) in [4.78, 5) is 21.6. The zero-order valence-electron chi connectivity index (χ0n) is 10.9. The fourth-order valence-corrected chi connectivity index (χ4v) is 4.54. The molecule has 2 aromatic heterocycles. The number of aromatic nitrogens is 2. The zero-order valence-corrected chi connectivity index (χ0v) is 12.5. The molecule has 1 aliphatic rings. The number of thiophene rings is 1. The minimum atomic E-state index is -0.794. The molecule has 1 aliphatic carbocycles. The molecule has 3 N–H and O–H groups in total. The van der Waals surface area contributed by atoms with E-state index in [1.54, 1.807) is 11.3 Å².